The molecule has 8 N–H and O–H groups in total. The molecular formula is C25H35N3O2. The molecule has 162 valence electrons. The number of phenols is 2. The summed E-state index contributed by atoms with van der Waals surface area (Å²) in [4.78, 5) is 0. The van der Waals surface area contributed by atoms with Crippen LogP contribution >= 0.6 is 0 Å². The van der Waals surface area contributed by atoms with E-state index in [9.17, 15) is 0 Å². The molecule has 0 spiro atoms. The highest BCUT2D eigenvalue weighted by Crippen LogP contribution is 2.20. The van der Waals surface area contributed by atoms with Crippen molar-refractivity contribution in [1.29, 1.82) is 0 Å². The molecule has 0 aliphatic carbocycles. The van der Waals surface area contributed by atoms with Crippen molar-refractivity contribution in [3.63, 3.8) is 0 Å². The van der Waals surface area contributed by atoms with Crippen LogP contribution in [0.1, 0.15) is 22.3 Å². The second-order valence-corrected chi connectivity index (χ2v) is 6.79. The molecular weight excluding hydrogens is 374 g/mol. The molecule has 5 heteroatoms. The van der Waals surface area contributed by atoms with Crippen LogP contribution in [0.2, 0.25) is 0 Å². The number of hydrogen-bond donors (Lipinski definition) is 5. The van der Waals surface area contributed by atoms with Gasteiger partial charge in [-0.15, -0.1) is 0 Å². The first-order valence-corrected chi connectivity index (χ1v) is 10.2. The van der Waals surface area contributed by atoms with Crippen LogP contribution in [-0.2, 0) is 19.3 Å². The molecule has 0 unspecified atom stereocenters. The highest BCUT2D eigenvalue weighted by molar-refractivity contribution is 5.41. The minimum atomic E-state index is 0.322. The molecule has 3 aromatic carbocycles. The average molecular weight is 410 g/mol. The fourth-order valence-corrected chi connectivity index (χ4v) is 3.05. The Kier molecular flexibility index (Phi) is 12.6. The summed E-state index contributed by atoms with van der Waals surface area (Å²) in [6, 6.07) is 21.8. The van der Waals surface area contributed by atoms with Gasteiger partial charge < -0.3 is 27.4 Å². The molecule has 5 nitrogen and oxygen atoms in total. The first-order valence-electron chi connectivity index (χ1n) is 10.2. The number of para-hydroxylation sites is 2. The Hall–Kier alpha value is -2.86. The number of aryl methyl sites for hydroxylation is 1. The second-order valence-electron chi connectivity index (χ2n) is 6.79. The van der Waals surface area contributed by atoms with E-state index in [0.29, 0.717) is 31.1 Å². The van der Waals surface area contributed by atoms with Gasteiger partial charge >= 0.3 is 0 Å². The van der Waals surface area contributed by atoms with Crippen LogP contribution in [0.15, 0.2) is 72.8 Å². The van der Waals surface area contributed by atoms with E-state index in [1.165, 1.54) is 22.3 Å². The highest BCUT2D eigenvalue weighted by Gasteiger charge is 2.09. The molecule has 3 aromatic rings. The molecule has 0 atom stereocenters. The third kappa shape index (κ3) is 9.56. The van der Waals surface area contributed by atoms with E-state index in [0.717, 1.165) is 19.3 Å². The van der Waals surface area contributed by atoms with Crippen molar-refractivity contribution in [1.82, 2.24) is 0 Å². The summed E-state index contributed by atoms with van der Waals surface area (Å²) in [6.45, 7) is 4.18. The Morgan fingerprint density at radius 1 is 0.567 bits per heavy atom. The van der Waals surface area contributed by atoms with E-state index < -0.39 is 0 Å². The van der Waals surface area contributed by atoms with E-state index in [-0.39, 0.29) is 0 Å². The number of nitrogens with two attached hydrogens (primary N) is 3. The van der Waals surface area contributed by atoms with Gasteiger partial charge in [-0.1, -0.05) is 48.5 Å². The Balaban J connectivity index is 0.000000263. The van der Waals surface area contributed by atoms with E-state index in [2.05, 4.69) is 19.1 Å². The molecule has 30 heavy (non-hydrogen) atoms. The lowest BCUT2D eigenvalue weighted by molar-refractivity contribution is 0.475. The van der Waals surface area contributed by atoms with Crippen LogP contribution < -0.4 is 17.2 Å². The minimum Gasteiger partial charge on any atom is -0.508 e. The molecule has 0 saturated carbocycles. The lowest BCUT2D eigenvalue weighted by Crippen LogP contribution is -2.14. The molecule has 0 aliphatic rings. The van der Waals surface area contributed by atoms with Crippen molar-refractivity contribution >= 4 is 0 Å². The fourth-order valence-electron chi connectivity index (χ4n) is 3.05. The zero-order chi connectivity index (χ0) is 22.2. The van der Waals surface area contributed by atoms with Crippen LogP contribution in [0.4, 0.5) is 0 Å². The van der Waals surface area contributed by atoms with Gasteiger partial charge in [-0.2, -0.15) is 0 Å². The molecule has 0 amide bonds. The van der Waals surface area contributed by atoms with Gasteiger partial charge in [0, 0.05) is 0 Å². The van der Waals surface area contributed by atoms with Gasteiger partial charge in [0.2, 0.25) is 0 Å². The number of aromatic hydroxyl groups is 2. The lowest BCUT2D eigenvalue weighted by atomic mass is 9.91. The van der Waals surface area contributed by atoms with Crippen LogP contribution in [-0.4, -0.2) is 29.8 Å². The molecule has 0 saturated heterocycles. The highest BCUT2D eigenvalue weighted by atomic mass is 16.3. The van der Waals surface area contributed by atoms with Crippen molar-refractivity contribution in [3.8, 4) is 11.5 Å². The SMILES string of the molecule is Cc1ccc(CCN)c(CCN)c1CCN.Oc1ccccc1.Oc1ccccc1. The van der Waals surface area contributed by atoms with Crippen molar-refractivity contribution in [2.45, 2.75) is 26.2 Å². The fraction of sp³-hybridized carbons (Fsp3) is 0.280. The third-order valence-corrected chi connectivity index (χ3v) is 4.48. The molecule has 0 radical (unpaired) electrons. The van der Waals surface area contributed by atoms with Gasteiger partial charge in [-0.05, 0) is 92.3 Å². The first kappa shape index (κ1) is 25.2. The first-order chi connectivity index (χ1) is 14.5. The summed E-state index contributed by atoms with van der Waals surface area (Å²) in [7, 11) is 0. The molecule has 0 fully saturated rings. The van der Waals surface area contributed by atoms with Gasteiger partial charge in [-0.25, -0.2) is 0 Å². The van der Waals surface area contributed by atoms with Crippen LogP contribution in [0.25, 0.3) is 0 Å². The maximum absolute atomic E-state index is 8.63. The van der Waals surface area contributed by atoms with Crippen LogP contribution in [0, 0.1) is 6.92 Å². The summed E-state index contributed by atoms with van der Waals surface area (Å²) >= 11 is 0. The molecule has 3 rings (SSSR count). The quantitative estimate of drug-likeness (QED) is 0.428. The normalized spacial score (nSPS) is 9.73. The number of benzene rings is 3. The zero-order valence-electron chi connectivity index (χ0n) is 17.8. The van der Waals surface area contributed by atoms with E-state index in [1.807, 2.05) is 12.1 Å². The van der Waals surface area contributed by atoms with Gasteiger partial charge in [0.15, 0.2) is 0 Å². The zero-order valence-corrected chi connectivity index (χ0v) is 17.8. The maximum atomic E-state index is 8.63. The van der Waals surface area contributed by atoms with Gasteiger partial charge in [0.25, 0.3) is 0 Å². The van der Waals surface area contributed by atoms with E-state index in [1.54, 1.807) is 48.5 Å². The summed E-state index contributed by atoms with van der Waals surface area (Å²) in [6.07, 6.45) is 2.78. The lowest BCUT2D eigenvalue weighted by Gasteiger charge is -2.16. The van der Waals surface area contributed by atoms with Crippen LogP contribution in [0.5, 0.6) is 11.5 Å². The summed E-state index contributed by atoms with van der Waals surface area (Å²) in [5, 5.41) is 17.3. The number of hydrogen-bond acceptors (Lipinski definition) is 5. The predicted octanol–water partition coefficient (Wildman–Crippen LogP) is 3.28. The Morgan fingerprint density at radius 2 is 1.00 bits per heavy atom. The van der Waals surface area contributed by atoms with Gasteiger partial charge in [0.05, 0.1) is 0 Å². The van der Waals surface area contributed by atoms with Crippen molar-refractivity contribution in [2.24, 2.45) is 17.2 Å². The standard InChI is InChI=1S/C13H23N3.2C6H6O/c1-10-2-3-11(4-7-14)13(6-9-16)12(10)5-8-15;2*7-6-4-2-1-3-5-6/h2-3H,4-9,14-16H2,1H3;2*1-5,7H. The minimum absolute atomic E-state index is 0.322. The summed E-state index contributed by atoms with van der Waals surface area (Å²) in [5.74, 6) is 0.644. The largest absolute Gasteiger partial charge is 0.508 e. The maximum Gasteiger partial charge on any atom is 0.115 e. The second kappa shape index (κ2) is 15.0. The Morgan fingerprint density at radius 3 is 1.37 bits per heavy atom. The van der Waals surface area contributed by atoms with Crippen molar-refractivity contribution < 1.29 is 10.2 Å². The monoisotopic (exact) mass is 409 g/mol. The smallest absolute Gasteiger partial charge is 0.115 e. The number of rotatable bonds is 6. The summed E-state index contributed by atoms with van der Waals surface area (Å²) < 4.78 is 0. The Bertz CT molecular complexity index is 787. The molecule has 0 heterocycles. The predicted molar refractivity (Wildman–Crippen MR) is 126 cm³/mol. The topological polar surface area (TPSA) is 119 Å². The van der Waals surface area contributed by atoms with Gasteiger partial charge in [-0.3, -0.25) is 0 Å². The van der Waals surface area contributed by atoms with Gasteiger partial charge in [0.1, 0.15) is 11.5 Å². The molecule has 0 bridgehead atoms. The van der Waals surface area contributed by atoms with Crippen molar-refractivity contribution in [2.75, 3.05) is 19.6 Å². The third-order valence-electron chi connectivity index (χ3n) is 4.48. The number of phenolic OH excluding ortho intramolecular Hbond substituents is 2. The summed E-state index contributed by atoms with van der Waals surface area (Å²) in [5.41, 5.74) is 22.4. The van der Waals surface area contributed by atoms with E-state index in [4.69, 9.17) is 27.4 Å². The van der Waals surface area contributed by atoms with E-state index >= 15 is 0 Å². The van der Waals surface area contributed by atoms with Crippen LogP contribution in [0.3, 0.4) is 0 Å². The Labute approximate surface area is 180 Å². The van der Waals surface area contributed by atoms with Crippen molar-refractivity contribution in [3.05, 3.63) is 95.1 Å². The average Bonchev–Trinajstić information content (AvgIpc) is 2.75. The molecule has 0 aliphatic heterocycles. The molecule has 0 aromatic heterocycles.